The molecule has 2 heterocycles. The maximum atomic E-state index is 11.8. The van der Waals surface area contributed by atoms with Crippen molar-refractivity contribution < 1.29 is 28.5 Å². The topological polar surface area (TPSA) is 89.2 Å². The molecule has 0 radical (unpaired) electrons. The third-order valence-corrected chi connectivity index (χ3v) is 3.48. The number of carbonyl (C=O) groups is 1. The quantitative estimate of drug-likeness (QED) is 0.742. The number of nitrogens with two attached hydrogens (primary N) is 1. The summed E-state index contributed by atoms with van der Waals surface area (Å²) in [4.78, 5) is 11.8. The van der Waals surface area contributed by atoms with Gasteiger partial charge in [-0.15, -0.1) is 0 Å². The Morgan fingerprint density at radius 2 is 1.90 bits per heavy atom. The van der Waals surface area contributed by atoms with Crippen molar-refractivity contribution in [3.63, 3.8) is 0 Å². The normalized spacial score (nSPS) is 35.8. The summed E-state index contributed by atoms with van der Waals surface area (Å²) in [5.41, 5.74) is 5.89. The Labute approximate surface area is 125 Å². The zero-order valence-electron chi connectivity index (χ0n) is 13.2. The largest absolute Gasteiger partial charge is 0.462 e. The van der Waals surface area contributed by atoms with E-state index in [1.54, 1.807) is 21.0 Å². The molecule has 0 saturated carbocycles. The van der Waals surface area contributed by atoms with Gasteiger partial charge in [0.1, 0.15) is 18.2 Å². The van der Waals surface area contributed by atoms with Crippen LogP contribution in [0, 0.1) is 0 Å². The highest BCUT2D eigenvalue weighted by Crippen LogP contribution is 2.40. The summed E-state index contributed by atoms with van der Waals surface area (Å²) in [6, 6.07) is -0.763. The highest BCUT2D eigenvalue weighted by atomic mass is 16.8. The molecule has 2 rings (SSSR count). The maximum Gasteiger partial charge on any atom is 0.323 e. The van der Waals surface area contributed by atoms with E-state index in [0.29, 0.717) is 6.42 Å². The molecule has 122 valence electrons. The molecule has 0 aromatic rings. The van der Waals surface area contributed by atoms with Crippen LogP contribution in [0.5, 0.6) is 0 Å². The van der Waals surface area contributed by atoms with Gasteiger partial charge in [-0.2, -0.15) is 0 Å². The summed E-state index contributed by atoms with van der Waals surface area (Å²) >= 11 is 0. The molecule has 0 aromatic heterocycles. The molecule has 0 aliphatic carbocycles. The molecule has 0 spiro atoms. The second kappa shape index (κ2) is 6.18. The molecular weight excluding hydrogens is 278 g/mol. The van der Waals surface area contributed by atoms with E-state index in [1.165, 1.54) is 0 Å². The molecule has 2 saturated heterocycles. The fraction of sp³-hybridized carbons (Fsp3) is 0.929. The van der Waals surface area contributed by atoms with Crippen LogP contribution in [-0.2, 0) is 28.5 Å². The summed E-state index contributed by atoms with van der Waals surface area (Å²) in [6.45, 7) is 7.23. The van der Waals surface area contributed by atoms with E-state index in [2.05, 4.69) is 0 Å². The van der Waals surface area contributed by atoms with Gasteiger partial charge in [0.05, 0.1) is 12.2 Å². The summed E-state index contributed by atoms with van der Waals surface area (Å²) in [7, 11) is 1.55. The van der Waals surface area contributed by atoms with Gasteiger partial charge < -0.3 is 29.4 Å². The molecule has 2 N–H and O–H groups in total. The minimum absolute atomic E-state index is 0.197. The number of esters is 1. The zero-order chi connectivity index (χ0) is 15.8. The van der Waals surface area contributed by atoms with Crippen molar-refractivity contribution in [2.75, 3.05) is 7.11 Å². The maximum absolute atomic E-state index is 11.8. The van der Waals surface area contributed by atoms with Crippen molar-refractivity contribution in [2.24, 2.45) is 5.73 Å². The number of rotatable bonds is 5. The Bertz CT molecular complexity index is 386. The number of ether oxygens (including phenoxy) is 5. The lowest BCUT2D eigenvalue weighted by Gasteiger charge is -2.24. The Balaban J connectivity index is 1.98. The third-order valence-electron chi connectivity index (χ3n) is 3.48. The highest BCUT2D eigenvalue weighted by molar-refractivity contribution is 5.75. The van der Waals surface area contributed by atoms with Crippen LogP contribution in [0.2, 0.25) is 0 Å². The summed E-state index contributed by atoms with van der Waals surface area (Å²) < 4.78 is 27.7. The third kappa shape index (κ3) is 3.73. The van der Waals surface area contributed by atoms with Gasteiger partial charge in [-0.05, 0) is 27.7 Å². The Morgan fingerprint density at radius 3 is 2.48 bits per heavy atom. The van der Waals surface area contributed by atoms with Crippen molar-refractivity contribution in [1.29, 1.82) is 0 Å². The average Bonchev–Trinajstić information content (AvgIpc) is 2.83. The van der Waals surface area contributed by atoms with Gasteiger partial charge in [0.25, 0.3) is 0 Å². The second-order valence-corrected chi connectivity index (χ2v) is 6.17. The molecule has 7 nitrogen and oxygen atoms in total. The molecule has 2 aliphatic heterocycles. The number of methoxy groups -OCH3 is 1. The van der Waals surface area contributed by atoms with Crippen molar-refractivity contribution >= 4 is 5.97 Å². The molecule has 0 amide bonds. The van der Waals surface area contributed by atoms with Crippen molar-refractivity contribution in [1.82, 2.24) is 0 Å². The smallest absolute Gasteiger partial charge is 0.323 e. The van der Waals surface area contributed by atoms with Gasteiger partial charge in [0, 0.05) is 13.5 Å². The zero-order valence-corrected chi connectivity index (χ0v) is 13.2. The van der Waals surface area contributed by atoms with Crippen molar-refractivity contribution in [2.45, 2.75) is 76.7 Å². The molecule has 2 aliphatic rings. The summed E-state index contributed by atoms with van der Waals surface area (Å²) in [5.74, 6) is -1.14. The lowest BCUT2D eigenvalue weighted by atomic mass is 10.0. The molecule has 0 bridgehead atoms. The first kappa shape index (κ1) is 16.6. The Kier molecular flexibility index (Phi) is 4.89. The van der Waals surface area contributed by atoms with Gasteiger partial charge in [0.15, 0.2) is 12.1 Å². The molecule has 2 fully saturated rings. The fourth-order valence-corrected chi connectivity index (χ4v) is 2.69. The van der Waals surface area contributed by atoms with E-state index in [9.17, 15) is 4.79 Å². The molecule has 5 atom stereocenters. The van der Waals surface area contributed by atoms with E-state index in [-0.39, 0.29) is 24.4 Å². The summed E-state index contributed by atoms with van der Waals surface area (Å²) in [6.07, 6.45) is -1.40. The molecule has 0 unspecified atom stereocenters. The second-order valence-electron chi connectivity index (χ2n) is 6.17. The lowest BCUT2D eigenvalue weighted by molar-refractivity contribution is -0.228. The van der Waals surface area contributed by atoms with E-state index >= 15 is 0 Å². The van der Waals surface area contributed by atoms with Gasteiger partial charge >= 0.3 is 5.97 Å². The van der Waals surface area contributed by atoms with E-state index in [0.717, 1.165) is 0 Å². The number of hydrogen-bond acceptors (Lipinski definition) is 7. The Morgan fingerprint density at radius 1 is 1.29 bits per heavy atom. The van der Waals surface area contributed by atoms with Crippen molar-refractivity contribution in [3.8, 4) is 0 Å². The number of hydrogen-bond donors (Lipinski definition) is 1. The van der Waals surface area contributed by atoms with Crippen LogP contribution in [0.15, 0.2) is 0 Å². The first-order valence-electron chi connectivity index (χ1n) is 7.23. The monoisotopic (exact) mass is 303 g/mol. The molecule has 21 heavy (non-hydrogen) atoms. The van der Waals surface area contributed by atoms with Crippen LogP contribution >= 0.6 is 0 Å². The van der Waals surface area contributed by atoms with Crippen LogP contribution in [0.4, 0.5) is 0 Å². The Hall–Kier alpha value is -0.730. The van der Waals surface area contributed by atoms with Crippen LogP contribution in [-0.4, -0.2) is 55.6 Å². The minimum atomic E-state index is -0.763. The molecular formula is C14H25NO6. The van der Waals surface area contributed by atoms with Crippen LogP contribution in [0.3, 0.4) is 0 Å². The fourth-order valence-electron chi connectivity index (χ4n) is 2.69. The van der Waals surface area contributed by atoms with Crippen LogP contribution in [0.1, 0.15) is 34.1 Å². The first-order valence-corrected chi connectivity index (χ1v) is 7.23. The van der Waals surface area contributed by atoms with Crippen LogP contribution in [0.25, 0.3) is 0 Å². The predicted octanol–water partition coefficient (Wildman–Crippen LogP) is 0.547. The molecule has 0 aromatic carbocycles. The van der Waals surface area contributed by atoms with Gasteiger partial charge in [-0.3, -0.25) is 4.79 Å². The molecule has 7 heteroatoms. The number of fused-ring (bicyclic) bond motifs is 1. The standard InChI is InChI=1S/C14H25NO6/c1-7(2)18-12(16)8(15)6-9-10-11(13(17-5)19-9)21-14(3,4)20-10/h7-11,13H,6,15H2,1-5H3/t8-,9-,10-,11-,13-/m1/s1. The van der Waals surface area contributed by atoms with E-state index < -0.39 is 24.1 Å². The SMILES string of the molecule is CO[C@@H]1O[C@H](C[C@@H](N)C(=O)OC(C)C)[C@H]2OC(C)(C)O[C@@H]12. The predicted molar refractivity (Wildman–Crippen MR) is 73.3 cm³/mol. The van der Waals surface area contributed by atoms with Gasteiger partial charge in [0.2, 0.25) is 0 Å². The van der Waals surface area contributed by atoms with Crippen LogP contribution < -0.4 is 5.73 Å². The van der Waals surface area contributed by atoms with E-state index in [1.807, 2.05) is 13.8 Å². The minimum Gasteiger partial charge on any atom is -0.462 e. The summed E-state index contributed by atoms with van der Waals surface area (Å²) in [5, 5.41) is 0. The highest BCUT2D eigenvalue weighted by Gasteiger charge is 2.55. The van der Waals surface area contributed by atoms with Gasteiger partial charge in [-0.1, -0.05) is 0 Å². The van der Waals surface area contributed by atoms with E-state index in [4.69, 9.17) is 29.4 Å². The van der Waals surface area contributed by atoms with Gasteiger partial charge in [-0.25, -0.2) is 0 Å². The first-order chi connectivity index (χ1) is 9.73. The average molecular weight is 303 g/mol. The van der Waals surface area contributed by atoms with Crippen molar-refractivity contribution in [3.05, 3.63) is 0 Å². The lowest BCUT2D eigenvalue weighted by Crippen LogP contribution is -2.40. The number of carbonyl (C=O) groups excluding carboxylic acids is 1.